The molecule has 0 spiro atoms. The Kier molecular flexibility index (Phi) is 2.98. The van der Waals surface area contributed by atoms with Crippen LogP contribution in [0.2, 0.25) is 0 Å². The fourth-order valence-corrected chi connectivity index (χ4v) is 2.31. The van der Waals surface area contributed by atoms with Crippen LogP contribution in [0.4, 0.5) is 4.79 Å². The van der Waals surface area contributed by atoms with Crippen LogP contribution in [0, 0.1) is 11.8 Å². The van der Waals surface area contributed by atoms with Gasteiger partial charge in [0, 0.05) is 13.0 Å². The average Bonchev–Trinajstić information content (AvgIpc) is 2.50. The second-order valence-electron chi connectivity index (χ2n) is 5.83. The van der Waals surface area contributed by atoms with Crippen molar-refractivity contribution in [1.29, 1.82) is 0 Å². The first-order valence-electron chi connectivity index (χ1n) is 6.07. The molecule has 0 unspecified atom stereocenters. The topological polar surface area (TPSA) is 46.6 Å². The highest BCUT2D eigenvalue weighted by Gasteiger charge is 2.35. The monoisotopic (exact) mass is 237 g/mol. The molecule has 17 heavy (non-hydrogen) atoms. The van der Waals surface area contributed by atoms with E-state index in [4.69, 9.17) is 4.74 Å². The van der Waals surface area contributed by atoms with Crippen LogP contribution in [0.5, 0.6) is 0 Å². The van der Waals surface area contributed by atoms with E-state index in [-0.39, 0.29) is 5.91 Å². The zero-order valence-electron chi connectivity index (χ0n) is 10.6. The molecular weight excluding hydrogens is 218 g/mol. The molecule has 1 heterocycles. The molecule has 4 nitrogen and oxygen atoms in total. The largest absolute Gasteiger partial charge is 0.443 e. The smallest absolute Gasteiger partial charge is 0.417 e. The summed E-state index contributed by atoms with van der Waals surface area (Å²) in [6.45, 7) is 5.87. The molecule has 1 saturated heterocycles. The minimum absolute atomic E-state index is 0.115. The number of allylic oxidation sites excluding steroid dienone is 1. The van der Waals surface area contributed by atoms with Crippen LogP contribution in [0.15, 0.2) is 12.2 Å². The molecule has 1 aliphatic heterocycles. The van der Waals surface area contributed by atoms with Gasteiger partial charge in [-0.3, -0.25) is 4.79 Å². The summed E-state index contributed by atoms with van der Waals surface area (Å²) in [7, 11) is 0. The zero-order chi connectivity index (χ0) is 12.6. The Morgan fingerprint density at radius 1 is 1.35 bits per heavy atom. The lowest BCUT2D eigenvalue weighted by Gasteiger charge is -2.26. The van der Waals surface area contributed by atoms with Crippen molar-refractivity contribution in [1.82, 2.24) is 4.90 Å². The van der Waals surface area contributed by atoms with E-state index in [1.165, 1.54) is 4.90 Å². The molecule has 2 rings (SSSR count). The number of amides is 2. The maximum Gasteiger partial charge on any atom is 0.417 e. The molecule has 2 amide bonds. The van der Waals surface area contributed by atoms with E-state index < -0.39 is 11.7 Å². The van der Waals surface area contributed by atoms with Crippen LogP contribution >= 0.6 is 0 Å². The fraction of sp³-hybridized carbons (Fsp3) is 0.692. The van der Waals surface area contributed by atoms with Gasteiger partial charge in [0.1, 0.15) is 5.60 Å². The number of hydrogen-bond donors (Lipinski definition) is 0. The number of nitrogens with zero attached hydrogens (tertiary/aromatic N) is 1. The van der Waals surface area contributed by atoms with Gasteiger partial charge in [0.2, 0.25) is 5.91 Å². The van der Waals surface area contributed by atoms with E-state index in [1.807, 2.05) is 0 Å². The lowest BCUT2D eigenvalue weighted by atomic mass is 10.0. The summed E-state index contributed by atoms with van der Waals surface area (Å²) in [5, 5.41) is 0. The number of carbonyl (C=O) groups is 2. The Labute approximate surface area is 102 Å². The number of imide groups is 1. The molecule has 0 aromatic carbocycles. The van der Waals surface area contributed by atoms with Crippen molar-refractivity contribution >= 4 is 12.0 Å². The van der Waals surface area contributed by atoms with Gasteiger partial charge in [-0.1, -0.05) is 12.2 Å². The van der Waals surface area contributed by atoms with Crippen molar-refractivity contribution in [2.45, 2.75) is 39.2 Å². The first-order valence-corrected chi connectivity index (χ1v) is 6.07. The highest BCUT2D eigenvalue weighted by atomic mass is 16.6. The molecule has 4 heteroatoms. The number of fused-ring (bicyclic) bond motifs is 2. The summed E-state index contributed by atoms with van der Waals surface area (Å²) in [4.78, 5) is 25.1. The molecule has 0 N–H and O–H groups in total. The van der Waals surface area contributed by atoms with Crippen LogP contribution in [-0.4, -0.2) is 29.0 Å². The van der Waals surface area contributed by atoms with Crippen LogP contribution < -0.4 is 0 Å². The van der Waals surface area contributed by atoms with Gasteiger partial charge in [0.25, 0.3) is 0 Å². The predicted octanol–water partition coefficient (Wildman–Crippen LogP) is 2.35. The second-order valence-corrected chi connectivity index (χ2v) is 5.83. The van der Waals surface area contributed by atoms with E-state index in [0.29, 0.717) is 24.8 Å². The second kappa shape index (κ2) is 4.17. The molecule has 2 aliphatic rings. The van der Waals surface area contributed by atoms with Gasteiger partial charge in [0.05, 0.1) is 0 Å². The van der Waals surface area contributed by atoms with Gasteiger partial charge in [-0.25, -0.2) is 9.69 Å². The van der Waals surface area contributed by atoms with Crippen molar-refractivity contribution in [3.05, 3.63) is 12.2 Å². The Hall–Kier alpha value is -1.32. The van der Waals surface area contributed by atoms with E-state index in [2.05, 4.69) is 12.2 Å². The standard InChI is InChI=1S/C13H19NO3/c1-13(2,3)17-12(16)14-8-10-5-4-9(6-10)7-11(14)15/h4-5,9-10H,6-8H2,1-3H3/t9-,10-/m1/s1. The van der Waals surface area contributed by atoms with Crippen molar-refractivity contribution in [2.24, 2.45) is 11.8 Å². The van der Waals surface area contributed by atoms with E-state index in [9.17, 15) is 9.59 Å². The van der Waals surface area contributed by atoms with Crippen LogP contribution in [-0.2, 0) is 9.53 Å². The maximum atomic E-state index is 11.9. The van der Waals surface area contributed by atoms with Crippen molar-refractivity contribution in [3.63, 3.8) is 0 Å². The Balaban J connectivity index is 2.07. The summed E-state index contributed by atoms with van der Waals surface area (Å²) in [6.07, 6.45) is 5.09. The number of carbonyl (C=O) groups excluding carboxylic acids is 2. The molecule has 94 valence electrons. The number of rotatable bonds is 0. The van der Waals surface area contributed by atoms with Crippen LogP contribution in [0.3, 0.4) is 0 Å². The average molecular weight is 237 g/mol. The molecule has 2 atom stereocenters. The summed E-state index contributed by atoms with van der Waals surface area (Å²) in [5.41, 5.74) is -0.557. The first kappa shape index (κ1) is 12.1. The molecule has 2 bridgehead atoms. The third kappa shape index (κ3) is 2.87. The van der Waals surface area contributed by atoms with Gasteiger partial charge >= 0.3 is 6.09 Å². The molecule has 0 saturated carbocycles. The molecule has 1 fully saturated rings. The van der Waals surface area contributed by atoms with Gasteiger partial charge in [0.15, 0.2) is 0 Å². The lowest BCUT2D eigenvalue weighted by Crippen LogP contribution is -2.42. The zero-order valence-corrected chi connectivity index (χ0v) is 10.6. The molecular formula is C13H19NO3. The number of ether oxygens (including phenoxy) is 1. The van der Waals surface area contributed by atoms with Gasteiger partial charge in [-0.2, -0.15) is 0 Å². The Morgan fingerprint density at radius 2 is 2.00 bits per heavy atom. The number of likely N-dealkylation sites (tertiary alicyclic amines) is 1. The summed E-state index contributed by atoms with van der Waals surface area (Å²) < 4.78 is 5.25. The molecule has 0 aromatic rings. The minimum atomic E-state index is -0.557. The minimum Gasteiger partial charge on any atom is -0.443 e. The summed E-state index contributed by atoms with van der Waals surface area (Å²) >= 11 is 0. The van der Waals surface area contributed by atoms with E-state index >= 15 is 0 Å². The van der Waals surface area contributed by atoms with Crippen LogP contribution in [0.25, 0.3) is 0 Å². The third-order valence-corrected chi connectivity index (χ3v) is 3.03. The molecule has 0 radical (unpaired) electrons. The van der Waals surface area contributed by atoms with E-state index in [1.54, 1.807) is 20.8 Å². The predicted molar refractivity (Wildman–Crippen MR) is 63.3 cm³/mol. The third-order valence-electron chi connectivity index (χ3n) is 3.03. The SMILES string of the molecule is CC(C)(C)OC(=O)N1C[C@@H]2C=C[C@@H](CC1=O)C2. The summed E-state index contributed by atoms with van der Waals surface area (Å²) in [5.74, 6) is 0.495. The Bertz CT molecular complexity index is 367. The van der Waals surface area contributed by atoms with Crippen LogP contribution in [0.1, 0.15) is 33.6 Å². The molecule has 0 aromatic heterocycles. The highest BCUT2D eigenvalue weighted by molar-refractivity contribution is 5.92. The van der Waals surface area contributed by atoms with Crippen molar-refractivity contribution < 1.29 is 14.3 Å². The maximum absolute atomic E-state index is 11.9. The van der Waals surface area contributed by atoms with Gasteiger partial charge < -0.3 is 4.74 Å². The number of hydrogen-bond acceptors (Lipinski definition) is 3. The van der Waals surface area contributed by atoms with Crippen molar-refractivity contribution in [3.8, 4) is 0 Å². The summed E-state index contributed by atoms with van der Waals surface area (Å²) in [6, 6.07) is 0. The normalized spacial score (nSPS) is 28.2. The van der Waals surface area contributed by atoms with Crippen molar-refractivity contribution in [2.75, 3.05) is 6.54 Å². The quantitative estimate of drug-likeness (QED) is 0.607. The highest BCUT2D eigenvalue weighted by Crippen LogP contribution is 2.31. The van der Waals surface area contributed by atoms with Gasteiger partial charge in [-0.05, 0) is 39.0 Å². The first-order chi connectivity index (χ1) is 7.85. The Morgan fingerprint density at radius 3 is 2.65 bits per heavy atom. The van der Waals surface area contributed by atoms with Gasteiger partial charge in [-0.15, -0.1) is 0 Å². The fourth-order valence-electron chi connectivity index (χ4n) is 2.31. The van der Waals surface area contributed by atoms with E-state index in [0.717, 1.165) is 6.42 Å². The molecule has 1 aliphatic carbocycles. The lowest BCUT2D eigenvalue weighted by molar-refractivity contribution is -0.130.